The number of hydrogen-bond acceptors (Lipinski definition) is 4. The van der Waals surface area contributed by atoms with Crippen LogP contribution in [0.2, 0.25) is 0 Å². The second-order valence-electron chi connectivity index (χ2n) is 4.76. The van der Waals surface area contributed by atoms with Crippen molar-refractivity contribution in [3.05, 3.63) is 29.8 Å². The molecule has 0 spiro atoms. The van der Waals surface area contributed by atoms with Crippen LogP contribution >= 0.6 is 0 Å². The summed E-state index contributed by atoms with van der Waals surface area (Å²) in [6.45, 7) is 2.93. The smallest absolute Gasteiger partial charge is 0.243 e. The molecule has 0 aromatic heterocycles. The summed E-state index contributed by atoms with van der Waals surface area (Å²) in [4.78, 5) is 11.8. The van der Waals surface area contributed by atoms with Gasteiger partial charge in [0.1, 0.15) is 6.04 Å². The molecular formula is C13H19N3O3S. The zero-order valence-corrected chi connectivity index (χ0v) is 12.4. The Kier molecular flexibility index (Phi) is 4.42. The molecule has 1 aliphatic rings. The predicted octanol–water partition coefficient (Wildman–Crippen LogP) is -0.0850. The maximum atomic E-state index is 12.5. The van der Waals surface area contributed by atoms with Crippen LogP contribution in [0, 0.1) is 0 Å². The van der Waals surface area contributed by atoms with Gasteiger partial charge in [-0.05, 0) is 31.7 Å². The number of nitrogens with one attached hydrogen (secondary N) is 2. The van der Waals surface area contributed by atoms with Gasteiger partial charge in [0, 0.05) is 19.6 Å². The number of nitrogens with zero attached hydrogens (tertiary/aromatic N) is 1. The van der Waals surface area contributed by atoms with Crippen molar-refractivity contribution in [3.8, 4) is 0 Å². The number of rotatable bonds is 4. The van der Waals surface area contributed by atoms with Crippen LogP contribution in [0.5, 0.6) is 0 Å². The zero-order chi connectivity index (χ0) is 14.8. The van der Waals surface area contributed by atoms with Crippen molar-refractivity contribution in [2.24, 2.45) is 0 Å². The molecule has 1 aliphatic heterocycles. The molecule has 1 saturated heterocycles. The van der Waals surface area contributed by atoms with Gasteiger partial charge >= 0.3 is 0 Å². The van der Waals surface area contributed by atoms with Gasteiger partial charge in [-0.1, -0.05) is 12.1 Å². The van der Waals surface area contributed by atoms with Gasteiger partial charge in [-0.2, -0.15) is 4.31 Å². The number of carbonyl (C=O) groups excluding carboxylic acids is 1. The molecule has 1 atom stereocenters. The van der Waals surface area contributed by atoms with Crippen molar-refractivity contribution < 1.29 is 13.2 Å². The first-order valence-corrected chi connectivity index (χ1v) is 7.94. The Morgan fingerprint density at radius 3 is 2.60 bits per heavy atom. The Labute approximate surface area is 119 Å². The standard InChI is InChI=1S/C13H19N3O3S/c1-10-13(17)15-7-8-16(10)20(18,19)12-5-3-11(4-6-12)9-14-2/h3-6,10,14H,7-9H2,1-2H3,(H,15,17). The third kappa shape index (κ3) is 2.84. The minimum absolute atomic E-state index is 0.221. The monoisotopic (exact) mass is 297 g/mol. The minimum Gasteiger partial charge on any atom is -0.353 e. The van der Waals surface area contributed by atoms with E-state index in [0.717, 1.165) is 5.56 Å². The van der Waals surface area contributed by atoms with E-state index >= 15 is 0 Å². The fraction of sp³-hybridized carbons (Fsp3) is 0.462. The Bertz CT molecular complexity index is 583. The molecule has 1 aromatic rings. The van der Waals surface area contributed by atoms with Crippen molar-refractivity contribution in [2.75, 3.05) is 20.1 Å². The lowest BCUT2D eigenvalue weighted by molar-refractivity contribution is -0.126. The fourth-order valence-corrected chi connectivity index (χ4v) is 3.80. The second kappa shape index (κ2) is 5.90. The first kappa shape index (κ1) is 15.0. The molecule has 0 bridgehead atoms. The van der Waals surface area contributed by atoms with E-state index in [-0.39, 0.29) is 10.8 Å². The van der Waals surface area contributed by atoms with E-state index in [2.05, 4.69) is 10.6 Å². The third-order valence-corrected chi connectivity index (χ3v) is 5.34. The Balaban J connectivity index is 2.27. The molecule has 2 rings (SSSR count). The van der Waals surface area contributed by atoms with Crippen molar-refractivity contribution in [1.29, 1.82) is 0 Å². The summed E-state index contributed by atoms with van der Waals surface area (Å²) in [6.07, 6.45) is 0. The molecule has 0 saturated carbocycles. The summed E-state index contributed by atoms with van der Waals surface area (Å²) in [5.74, 6) is -0.258. The number of amides is 1. The third-order valence-electron chi connectivity index (χ3n) is 3.35. The van der Waals surface area contributed by atoms with Gasteiger partial charge in [0.05, 0.1) is 4.90 Å². The van der Waals surface area contributed by atoms with Gasteiger partial charge in [0.2, 0.25) is 15.9 Å². The van der Waals surface area contributed by atoms with Crippen LogP contribution in [0.1, 0.15) is 12.5 Å². The normalized spacial score (nSPS) is 20.7. The van der Waals surface area contributed by atoms with E-state index in [4.69, 9.17) is 0 Å². The molecule has 0 radical (unpaired) electrons. The predicted molar refractivity (Wildman–Crippen MR) is 75.6 cm³/mol. The maximum absolute atomic E-state index is 12.5. The summed E-state index contributed by atoms with van der Waals surface area (Å²) in [6, 6.07) is 6.05. The fourth-order valence-electron chi connectivity index (χ4n) is 2.21. The first-order chi connectivity index (χ1) is 9.46. The van der Waals surface area contributed by atoms with Crippen molar-refractivity contribution >= 4 is 15.9 Å². The highest BCUT2D eigenvalue weighted by molar-refractivity contribution is 7.89. The summed E-state index contributed by atoms with van der Waals surface area (Å²) in [7, 11) is -1.79. The van der Waals surface area contributed by atoms with E-state index in [1.54, 1.807) is 31.2 Å². The van der Waals surface area contributed by atoms with E-state index in [0.29, 0.717) is 19.6 Å². The highest BCUT2D eigenvalue weighted by Crippen LogP contribution is 2.20. The lowest BCUT2D eigenvalue weighted by Gasteiger charge is -2.31. The van der Waals surface area contributed by atoms with Gasteiger partial charge < -0.3 is 10.6 Å². The van der Waals surface area contributed by atoms with Gasteiger partial charge in [-0.15, -0.1) is 0 Å². The van der Waals surface area contributed by atoms with E-state index in [9.17, 15) is 13.2 Å². The molecule has 110 valence electrons. The summed E-state index contributed by atoms with van der Waals surface area (Å²) >= 11 is 0. The van der Waals surface area contributed by atoms with E-state index in [1.165, 1.54) is 4.31 Å². The average Bonchev–Trinajstić information content (AvgIpc) is 2.42. The molecule has 7 heteroatoms. The molecule has 0 aliphatic carbocycles. The molecular weight excluding hydrogens is 278 g/mol. The largest absolute Gasteiger partial charge is 0.353 e. The van der Waals surface area contributed by atoms with Crippen LogP contribution < -0.4 is 10.6 Å². The van der Waals surface area contributed by atoms with Crippen molar-refractivity contribution in [3.63, 3.8) is 0 Å². The number of carbonyl (C=O) groups is 1. The zero-order valence-electron chi connectivity index (χ0n) is 11.6. The molecule has 6 nitrogen and oxygen atoms in total. The number of sulfonamides is 1. The van der Waals surface area contributed by atoms with Crippen LogP contribution in [0.25, 0.3) is 0 Å². The molecule has 1 aromatic carbocycles. The topological polar surface area (TPSA) is 78.5 Å². The molecule has 1 fully saturated rings. The van der Waals surface area contributed by atoms with Crippen molar-refractivity contribution in [2.45, 2.75) is 24.4 Å². The molecule has 20 heavy (non-hydrogen) atoms. The van der Waals surface area contributed by atoms with Gasteiger partial charge in [0.25, 0.3) is 0 Å². The Hall–Kier alpha value is -1.44. The van der Waals surface area contributed by atoms with E-state index in [1.807, 2.05) is 7.05 Å². The second-order valence-corrected chi connectivity index (χ2v) is 6.65. The van der Waals surface area contributed by atoms with Gasteiger partial charge in [-0.25, -0.2) is 8.42 Å². The van der Waals surface area contributed by atoms with Crippen LogP contribution in [0.4, 0.5) is 0 Å². The maximum Gasteiger partial charge on any atom is 0.243 e. The number of hydrogen-bond donors (Lipinski definition) is 2. The number of benzene rings is 1. The quantitative estimate of drug-likeness (QED) is 0.814. The average molecular weight is 297 g/mol. The summed E-state index contributed by atoms with van der Waals surface area (Å²) in [5, 5.41) is 5.66. The molecule has 1 heterocycles. The highest BCUT2D eigenvalue weighted by Gasteiger charge is 2.35. The summed E-state index contributed by atoms with van der Waals surface area (Å²) in [5.41, 5.74) is 1.01. The Morgan fingerprint density at radius 2 is 2.00 bits per heavy atom. The molecule has 2 N–H and O–H groups in total. The number of piperazine rings is 1. The lowest BCUT2D eigenvalue weighted by atomic mass is 10.2. The summed E-state index contributed by atoms with van der Waals surface area (Å²) < 4.78 is 26.3. The van der Waals surface area contributed by atoms with Crippen LogP contribution in [0.15, 0.2) is 29.2 Å². The molecule has 1 unspecified atom stereocenters. The minimum atomic E-state index is -3.62. The molecule has 1 amide bonds. The van der Waals surface area contributed by atoms with Crippen LogP contribution in [-0.4, -0.2) is 44.8 Å². The van der Waals surface area contributed by atoms with Crippen molar-refractivity contribution in [1.82, 2.24) is 14.9 Å². The first-order valence-electron chi connectivity index (χ1n) is 6.50. The Morgan fingerprint density at radius 1 is 1.35 bits per heavy atom. The highest BCUT2D eigenvalue weighted by atomic mass is 32.2. The van der Waals surface area contributed by atoms with Crippen LogP contribution in [-0.2, 0) is 21.4 Å². The SMILES string of the molecule is CNCc1ccc(S(=O)(=O)N2CCNC(=O)C2C)cc1. The van der Waals surface area contributed by atoms with E-state index < -0.39 is 16.1 Å². The van der Waals surface area contributed by atoms with Crippen LogP contribution in [0.3, 0.4) is 0 Å². The van der Waals surface area contributed by atoms with Gasteiger partial charge in [-0.3, -0.25) is 4.79 Å². The van der Waals surface area contributed by atoms with Gasteiger partial charge in [0.15, 0.2) is 0 Å². The lowest BCUT2D eigenvalue weighted by Crippen LogP contribution is -2.55.